The molecule has 0 aromatic heterocycles. The van der Waals surface area contributed by atoms with Crippen LogP contribution in [-0.4, -0.2) is 94.2 Å². The van der Waals surface area contributed by atoms with Crippen molar-refractivity contribution >= 4 is 23.0 Å². The second-order valence-electron chi connectivity index (χ2n) is 9.80. The lowest BCUT2D eigenvalue weighted by Crippen LogP contribution is -2.62. The molecule has 0 bridgehead atoms. The van der Waals surface area contributed by atoms with Gasteiger partial charge in [0.05, 0.1) is 6.10 Å². The third kappa shape index (κ3) is 8.17. The Hall–Kier alpha value is -1.16. The van der Waals surface area contributed by atoms with Crippen molar-refractivity contribution in [2.75, 3.05) is 20.8 Å². The topological polar surface area (TPSA) is 131 Å². The number of aliphatic hydroxyl groups is 2. The fourth-order valence-corrected chi connectivity index (χ4v) is 4.59. The number of rotatable bonds is 8. The summed E-state index contributed by atoms with van der Waals surface area (Å²) in [5.74, 6) is -4.64. The number of hydrogen-bond acceptors (Lipinski definition) is 10. The van der Waals surface area contributed by atoms with Crippen molar-refractivity contribution in [1.82, 2.24) is 4.90 Å². The molecular weight excluding hydrogens is 509 g/mol. The summed E-state index contributed by atoms with van der Waals surface area (Å²) in [7, 11) is 2.36. The molecule has 1 aliphatic rings. The van der Waals surface area contributed by atoms with Gasteiger partial charge in [0.1, 0.15) is 17.1 Å². The van der Waals surface area contributed by atoms with Gasteiger partial charge in [0.15, 0.2) is 11.3 Å². The number of amides is 1. The highest BCUT2D eigenvalue weighted by atomic mass is 32.2. The van der Waals surface area contributed by atoms with E-state index in [1.165, 1.54) is 28.1 Å². The normalized spacial score (nSPS) is 27.5. The standard InChI is InChI=1S/C22H39F3N2O8S/c1-10-27(18(29)35-19(3,4)5)17(26)36-13-11-12(2)14(15(33-13)16(28)22(23,24)25)34-21(7,32-9)20(6,30)31-8/h12-16,26,28,30H,10-11H2,1-9H3. The van der Waals surface area contributed by atoms with E-state index in [0.717, 1.165) is 16.7 Å². The molecule has 0 aromatic carbocycles. The molecule has 1 saturated heterocycles. The second-order valence-corrected chi connectivity index (χ2v) is 10.9. The maximum Gasteiger partial charge on any atom is 0.417 e. The molecule has 3 N–H and O–H groups in total. The van der Waals surface area contributed by atoms with E-state index in [1.807, 2.05) is 0 Å². The first-order valence-electron chi connectivity index (χ1n) is 11.4. The summed E-state index contributed by atoms with van der Waals surface area (Å²) in [4.78, 5) is 13.5. The zero-order chi connectivity index (χ0) is 28.3. The third-order valence-electron chi connectivity index (χ3n) is 5.81. The van der Waals surface area contributed by atoms with E-state index < -0.39 is 59.1 Å². The van der Waals surface area contributed by atoms with Crippen molar-refractivity contribution in [3.8, 4) is 0 Å². The molecule has 1 heterocycles. The summed E-state index contributed by atoms with van der Waals surface area (Å²) in [6.45, 7) is 10.8. The average Bonchev–Trinajstić information content (AvgIpc) is 2.73. The largest absolute Gasteiger partial charge is 0.443 e. The van der Waals surface area contributed by atoms with Crippen LogP contribution in [0.15, 0.2) is 0 Å². The van der Waals surface area contributed by atoms with Gasteiger partial charge in [0.25, 0.3) is 0 Å². The Bertz CT molecular complexity index is 765. The number of carbonyl (C=O) groups excluding carboxylic acids is 1. The number of hydrogen-bond donors (Lipinski definition) is 3. The van der Waals surface area contributed by atoms with Gasteiger partial charge in [0.2, 0.25) is 11.6 Å². The van der Waals surface area contributed by atoms with Crippen molar-refractivity contribution in [2.24, 2.45) is 5.92 Å². The third-order valence-corrected chi connectivity index (χ3v) is 6.82. The van der Waals surface area contributed by atoms with Crippen LogP contribution in [0.2, 0.25) is 0 Å². The van der Waals surface area contributed by atoms with Gasteiger partial charge >= 0.3 is 12.3 Å². The van der Waals surface area contributed by atoms with Crippen LogP contribution in [0.4, 0.5) is 18.0 Å². The van der Waals surface area contributed by atoms with E-state index in [-0.39, 0.29) is 18.1 Å². The minimum absolute atomic E-state index is 0.0850. The minimum Gasteiger partial charge on any atom is -0.443 e. The maximum atomic E-state index is 13.6. The number of nitrogens with one attached hydrogen (secondary N) is 1. The van der Waals surface area contributed by atoms with Gasteiger partial charge in [-0.05, 0) is 53.9 Å². The van der Waals surface area contributed by atoms with Gasteiger partial charge in [-0.25, -0.2) is 4.79 Å². The quantitative estimate of drug-likeness (QED) is 0.236. The lowest BCUT2D eigenvalue weighted by molar-refractivity contribution is -0.400. The number of aliphatic hydroxyl groups excluding tert-OH is 1. The Morgan fingerprint density at radius 1 is 1.19 bits per heavy atom. The summed E-state index contributed by atoms with van der Waals surface area (Å²) < 4.78 is 67.7. The molecule has 14 heteroatoms. The van der Waals surface area contributed by atoms with Gasteiger partial charge in [-0.1, -0.05) is 18.7 Å². The Balaban J connectivity index is 3.21. The van der Waals surface area contributed by atoms with E-state index in [4.69, 9.17) is 29.1 Å². The first-order valence-corrected chi connectivity index (χ1v) is 12.3. The molecule has 1 aliphatic heterocycles. The summed E-state index contributed by atoms with van der Waals surface area (Å²) in [6, 6.07) is 0. The van der Waals surface area contributed by atoms with Crippen molar-refractivity contribution in [1.29, 1.82) is 5.41 Å². The molecule has 7 unspecified atom stereocenters. The minimum atomic E-state index is -5.05. The lowest BCUT2D eigenvalue weighted by Gasteiger charge is -2.48. The van der Waals surface area contributed by atoms with E-state index in [2.05, 4.69) is 0 Å². The zero-order valence-electron chi connectivity index (χ0n) is 22.1. The molecule has 1 fully saturated rings. The molecule has 0 saturated carbocycles. The SMILES string of the molecule is CCN(C(=N)SC1CC(C)C(OC(C)(OC)C(C)(O)OC)C(C(O)C(F)(F)F)O1)C(=O)OC(C)(C)C. The predicted octanol–water partition coefficient (Wildman–Crippen LogP) is 3.69. The van der Waals surface area contributed by atoms with E-state index >= 15 is 0 Å². The molecule has 0 aromatic rings. The van der Waals surface area contributed by atoms with Crippen molar-refractivity contribution in [3.63, 3.8) is 0 Å². The Morgan fingerprint density at radius 2 is 1.75 bits per heavy atom. The van der Waals surface area contributed by atoms with Crippen LogP contribution < -0.4 is 0 Å². The number of methoxy groups -OCH3 is 2. The van der Waals surface area contributed by atoms with Gasteiger partial charge in [0, 0.05) is 20.8 Å². The number of alkyl halides is 3. The van der Waals surface area contributed by atoms with Crippen LogP contribution >= 0.6 is 11.8 Å². The van der Waals surface area contributed by atoms with Crippen molar-refractivity contribution in [3.05, 3.63) is 0 Å². The smallest absolute Gasteiger partial charge is 0.417 e. The first-order chi connectivity index (χ1) is 16.2. The maximum absolute atomic E-state index is 13.6. The molecule has 0 radical (unpaired) electrons. The van der Waals surface area contributed by atoms with Crippen LogP contribution in [0.5, 0.6) is 0 Å². The zero-order valence-corrected chi connectivity index (χ0v) is 23.0. The summed E-state index contributed by atoms with van der Waals surface area (Å²) >= 11 is 0.726. The van der Waals surface area contributed by atoms with Gasteiger partial charge in [-0.3, -0.25) is 10.3 Å². The van der Waals surface area contributed by atoms with Gasteiger partial charge in [-0.15, -0.1) is 0 Å². The average molecular weight is 549 g/mol. The molecular formula is C22H39F3N2O8S. The Labute approximate surface area is 214 Å². The van der Waals surface area contributed by atoms with Gasteiger partial charge in [-0.2, -0.15) is 13.2 Å². The Kier molecular flexibility index (Phi) is 11.1. The highest BCUT2D eigenvalue weighted by Crippen LogP contribution is 2.41. The van der Waals surface area contributed by atoms with Crippen LogP contribution in [-0.2, 0) is 23.7 Å². The molecule has 7 atom stereocenters. The molecule has 10 nitrogen and oxygen atoms in total. The van der Waals surface area contributed by atoms with Crippen LogP contribution in [0.25, 0.3) is 0 Å². The van der Waals surface area contributed by atoms with Crippen molar-refractivity contribution < 1.29 is 51.9 Å². The van der Waals surface area contributed by atoms with E-state index in [0.29, 0.717) is 0 Å². The highest BCUT2D eigenvalue weighted by Gasteiger charge is 2.56. The van der Waals surface area contributed by atoms with Gasteiger partial charge < -0.3 is 33.9 Å². The monoisotopic (exact) mass is 548 g/mol. The highest BCUT2D eigenvalue weighted by molar-refractivity contribution is 8.14. The number of amidine groups is 1. The number of carbonyl (C=O) groups is 1. The van der Waals surface area contributed by atoms with E-state index in [9.17, 15) is 28.2 Å². The van der Waals surface area contributed by atoms with E-state index in [1.54, 1.807) is 34.6 Å². The second kappa shape index (κ2) is 12.1. The van der Waals surface area contributed by atoms with Crippen LogP contribution in [0.1, 0.15) is 54.9 Å². The molecule has 0 spiro atoms. The number of nitrogens with zero attached hydrogens (tertiary/aromatic N) is 1. The van der Waals surface area contributed by atoms with Crippen molar-refractivity contribution in [2.45, 2.75) is 102 Å². The number of ether oxygens (including phenoxy) is 5. The summed E-state index contributed by atoms with van der Waals surface area (Å²) in [5.41, 5.74) is -1.84. The van der Waals surface area contributed by atoms with Crippen LogP contribution in [0.3, 0.4) is 0 Å². The molecule has 1 rings (SSSR count). The first kappa shape index (κ1) is 32.9. The molecule has 36 heavy (non-hydrogen) atoms. The number of halogens is 3. The van der Waals surface area contributed by atoms with Crippen LogP contribution in [0, 0.1) is 11.3 Å². The fourth-order valence-electron chi connectivity index (χ4n) is 3.42. The lowest BCUT2D eigenvalue weighted by atomic mass is 9.90. The molecule has 1 amide bonds. The molecule has 212 valence electrons. The molecule has 0 aliphatic carbocycles. The predicted molar refractivity (Wildman–Crippen MR) is 126 cm³/mol. The summed E-state index contributed by atoms with van der Waals surface area (Å²) in [5, 5.41) is 28.7. The Morgan fingerprint density at radius 3 is 2.17 bits per heavy atom. The fraction of sp³-hybridized carbons (Fsp3) is 0.909. The number of thioether (sulfide) groups is 1. The summed E-state index contributed by atoms with van der Waals surface area (Å²) in [6.07, 6.45) is -12.0.